The molecule has 1 N–H and O–H groups in total. The van der Waals surface area contributed by atoms with Crippen molar-refractivity contribution in [2.24, 2.45) is 0 Å². The standard InChI is InChI=1S/C13H20N2S/c1-9-12(11-6-7-14-8-11)15-13(16-9)10-4-2-3-5-10/h10-11,14H,2-8H2,1H3. The predicted molar refractivity (Wildman–Crippen MR) is 68.3 cm³/mol. The molecule has 1 aliphatic heterocycles. The molecule has 1 unspecified atom stereocenters. The highest BCUT2D eigenvalue weighted by Crippen LogP contribution is 2.38. The lowest BCUT2D eigenvalue weighted by Crippen LogP contribution is -2.08. The minimum Gasteiger partial charge on any atom is -0.316 e. The summed E-state index contributed by atoms with van der Waals surface area (Å²) in [5.74, 6) is 1.47. The van der Waals surface area contributed by atoms with E-state index >= 15 is 0 Å². The highest BCUT2D eigenvalue weighted by Gasteiger charge is 2.25. The van der Waals surface area contributed by atoms with Crippen molar-refractivity contribution in [3.05, 3.63) is 15.6 Å². The van der Waals surface area contributed by atoms with Gasteiger partial charge in [0.05, 0.1) is 10.7 Å². The molecular formula is C13H20N2S. The van der Waals surface area contributed by atoms with Crippen molar-refractivity contribution in [2.45, 2.75) is 50.9 Å². The summed E-state index contributed by atoms with van der Waals surface area (Å²) < 4.78 is 0. The third kappa shape index (κ3) is 1.91. The van der Waals surface area contributed by atoms with Crippen LogP contribution in [0.3, 0.4) is 0 Å². The number of aryl methyl sites for hydroxylation is 1. The van der Waals surface area contributed by atoms with E-state index < -0.39 is 0 Å². The first-order chi connectivity index (χ1) is 7.84. The highest BCUT2D eigenvalue weighted by molar-refractivity contribution is 7.11. The van der Waals surface area contributed by atoms with Gasteiger partial charge < -0.3 is 5.32 Å². The van der Waals surface area contributed by atoms with Gasteiger partial charge in [-0.25, -0.2) is 4.98 Å². The van der Waals surface area contributed by atoms with E-state index in [4.69, 9.17) is 4.98 Å². The van der Waals surface area contributed by atoms with Gasteiger partial charge in [-0.1, -0.05) is 12.8 Å². The molecule has 1 aliphatic carbocycles. The van der Waals surface area contributed by atoms with Crippen LogP contribution in [0.2, 0.25) is 0 Å². The fraction of sp³-hybridized carbons (Fsp3) is 0.769. The maximum Gasteiger partial charge on any atom is 0.0962 e. The molecule has 2 fully saturated rings. The van der Waals surface area contributed by atoms with Gasteiger partial charge in [-0.05, 0) is 32.7 Å². The molecule has 2 nitrogen and oxygen atoms in total. The van der Waals surface area contributed by atoms with Crippen LogP contribution >= 0.6 is 11.3 Å². The van der Waals surface area contributed by atoms with Crippen molar-refractivity contribution in [1.29, 1.82) is 0 Å². The number of hydrogen-bond donors (Lipinski definition) is 1. The summed E-state index contributed by atoms with van der Waals surface area (Å²) >= 11 is 1.96. The first kappa shape index (κ1) is 10.7. The zero-order chi connectivity index (χ0) is 11.0. The van der Waals surface area contributed by atoms with Crippen LogP contribution in [0.5, 0.6) is 0 Å². The summed E-state index contributed by atoms with van der Waals surface area (Å²) in [5, 5.41) is 4.87. The van der Waals surface area contributed by atoms with Crippen molar-refractivity contribution in [1.82, 2.24) is 10.3 Å². The van der Waals surface area contributed by atoms with Gasteiger partial charge in [0.1, 0.15) is 0 Å². The molecule has 0 radical (unpaired) electrons. The Morgan fingerprint density at radius 3 is 2.69 bits per heavy atom. The first-order valence-corrected chi connectivity index (χ1v) is 7.34. The number of aromatic nitrogens is 1. The summed E-state index contributed by atoms with van der Waals surface area (Å²) in [7, 11) is 0. The van der Waals surface area contributed by atoms with Crippen LogP contribution in [-0.4, -0.2) is 18.1 Å². The number of nitrogens with zero attached hydrogens (tertiary/aromatic N) is 1. The van der Waals surface area contributed by atoms with E-state index in [1.165, 1.54) is 54.2 Å². The summed E-state index contributed by atoms with van der Waals surface area (Å²) in [5.41, 5.74) is 1.40. The molecule has 2 aliphatic rings. The maximum absolute atomic E-state index is 4.95. The third-order valence-electron chi connectivity index (χ3n) is 4.00. The summed E-state index contributed by atoms with van der Waals surface area (Å²) in [4.78, 5) is 6.42. The minimum atomic E-state index is 0.686. The topological polar surface area (TPSA) is 24.9 Å². The van der Waals surface area contributed by atoms with Crippen molar-refractivity contribution < 1.29 is 0 Å². The zero-order valence-corrected chi connectivity index (χ0v) is 10.8. The van der Waals surface area contributed by atoms with E-state index in [0.717, 1.165) is 12.5 Å². The SMILES string of the molecule is Cc1sc(C2CCCC2)nc1C1CCNC1. The lowest BCUT2D eigenvalue weighted by Gasteiger charge is -2.06. The second kappa shape index (κ2) is 4.46. The molecule has 3 rings (SSSR count). The number of rotatable bonds is 2. The molecule has 16 heavy (non-hydrogen) atoms. The van der Waals surface area contributed by atoms with Crippen molar-refractivity contribution >= 4 is 11.3 Å². The Morgan fingerprint density at radius 2 is 2.00 bits per heavy atom. The molecule has 3 heteroatoms. The Labute approximate surface area is 101 Å². The van der Waals surface area contributed by atoms with Gasteiger partial charge in [-0.3, -0.25) is 0 Å². The lowest BCUT2D eigenvalue weighted by atomic mass is 10.0. The van der Waals surface area contributed by atoms with Crippen LogP contribution in [0, 0.1) is 6.92 Å². The first-order valence-electron chi connectivity index (χ1n) is 6.52. The lowest BCUT2D eigenvalue weighted by molar-refractivity contribution is 0.689. The number of thiazole rings is 1. The van der Waals surface area contributed by atoms with Gasteiger partial charge in [-0.2, -0.15) is 0 Å². The Hall–Kier alpha value is -0.410. The summed E-state index contributed by atoms with van der Waals surface area (Å²) in [6, 6.07) is 0. The molecule has 1 saturated carbocycles. The van der Waals surface area contributed by atoms with E-state index in [0.29, 0.717) is 5.92 Å². The average molecular weight is 236 g/mol. The quantitative estimate of drug-likeness (QED) is 0.853. The van der Waals surface area contributed by atoms with Gasteiger partial charge in [-0.15, -0.1) is 11.3 Å². The van der Waals surface area contributed by atoms with Gasteiger partial charge in [0.25, 0.3) is 0 Å². The van der Waals surface area contributed by atoms with Gasteiger partial charge >= 0.3 is 0 Å². The fourth-order valence-electron chi connectivity index (χ4n) is 3.04. The van der Waals surface area contributed by atoms with E-state index in [2.05, 4.69) is 12.2 Å². The van der Waals surface area contributed by atoms with E-state index in [1.54, 1.807) is 0 Å². The van der Waals surface area contributed by atoms with Gasteiger partial charge in [0.2, 0.25) is 0 Å². The van der Waals surface area contributed by atoms with Crippen LogP contribution in [0.4, 0.5) is 0 Å². The maximum atomic E-state index is 4.95. The van der Waals surface area contributed by atoms with Crippen molar-refractivity contribution in [2.75, 3.05) is 13.1 Å². The average Bonchev–Trinajstić information content (AvgIpc) is 2.97. The van der Waals surface area contributed by atoms with Crippen LogP contribution in [0.15, 0.2) is 0 Å². The molecule has 1 aromatic rings. The normalized spacial score (nSPS) is 26.7. The van der Waals surface area contributed by atoms with Crippen molar-refractivity contribution in [3.63, 3.8) is 0 Å². The summed E-state index contributed by atoms with van der Waals surface area (Å²) in [6.07, 6.45) is 6.83. The second-order valence-corrected chi connectivity index (χ2v) is 6.40. The second-order valence-electron chi connectivity index (χ2n) is 5.16. The molecule has 0 aromatic carbocycles. The molecular weight excluding hydrogens is 216 g/mol. The van der Waals surface area contributed by atoms with E-state index in [1.807, 2.05) is 11.3 Å². The molecule has 1 aromatic heterocycles. The van der Waals surface area contributed by atoms with Gasteiger partial charge in [0.15, 0.2) is 0 Å². The largest absolute Gasteiger partial charge is 0.316 e. The molecule has 1 atom stereocenters. The Morgan fingerprint density at radius 1 is 1.19 bits per heavy atom. The van der Waals surface area contributed by atoms with Crippen molar-refractivity contribution in [3.8, 4) is 0 Å². The predicted octanol–water partition coefficient (Wildman–Crippen LogP) is 3.19. The van der Waals surface area contributed by atoms with Crippen LogP contribution < -0.4 is 5.32 Å². The Balaban J connectivity index is 1.83. The summed E-state index contributed by atoms with van der Waals surface area (Å²) in [6.45, 7) is 4.55. The van der Waals surface area contributed by atoms with Crippen LogP contribution in [0.1, 0.15) is 59.5 Å². The van der Waals surface area contributed by atoms with Crippen LogP contribution in [0.25, 0.3) is 0 Å². The van der Waals surface area contributed by atoms with E-state index in [9.17, 15) is 0 Å². The molecule has 1 saturated heterocycles. The Kier molecular flexibility index (Phi) is 2.99. The molecule has 0 bridgehead atoms. The van der Waals surface area contributed by atoms with Gasteiger partial charge in [0, 0.05) is 23.3 Å². The highest BCUT2D eigenvalue weighted by atomic mass is 32.1. The number of hydrogen-bond acceptors (Lipinski definition) is 3. The molecule has 88 valence electrons. The fourth-order valence-corrected chi connectivity index (χ4v) is 4.22. The molecule has 0 amide bonds. The molecule has 2 heterocycles. The minimum absolute atomic E-state index is 0.686. The smallest absolute Gasteiger partial charge is 0.0962 e. The molecule has 0 spiro atoms. The monoisotopic (exact) mass is 236 g/mol. The van der Waals surface area contributed by atoms with E-state index in [-0.39, 0.29) is 0 Å². The zero-order valence-electron chi connectivity index (χ0n) is 9.96. The number of nitrogens with one attached hydrogen (secondary N) is 1. The van der Waals surface area contributed by atoms with Crippen LogP contribution in [-0.2, 0) is 0 Å². The Bertz CT molecular complexity index is 360. The third-order valence-corrected chi connectivity index (χ3v) is 5.15.